The van der Waals surface area contributed by atoms with Crippen molar-refractivity contribution in [2.24, 2.45) is 0 Å². The lowest BCUT2D eigenvalue weighted by Crippen LogP contribution is -1.92. The van der Waals surface area contributed by atoms with Crippen molar-refractivity contribution < 1.29 is 0 Å². The quantitative estimate of drug-likeness (QED) is 0.547. The van der Waals surface area contributed by atoms with Crippen LogP contribution in [0.3, 0.4) is 0 Å². The monoisotopic (exact) mass is 220 g/mol. The lowest BCUT2D eigenvalue weighted by molar-refractivity contribution is 1.28. The molecule has 0 saturated heterocycles. The molecule has 0 amide bonds. The molecular weight excluding hydrogens is 212 g/mol. The average molecular weight is 220 g/mol. The molecule has 70 valence electrons. The van der Waals surface area contributed by atoms with Crippen molar-refractivity contribution in [1.29, 1.82) is 0 Å². The minimum atomic E-state index is 0.843. The first-order valence-electron chi connectivity index (χ1n) is 4.32. The number of nitrogens with zero attached hydrogens (tertiary/aromatic N) is 1. The van der Waals surface area contributed by atoms with Gasteiger partial charge in [0.25, 0.3) is 0 Å². The molecule has 3 rings (SSSR count). The topological polar surface area (TPSA) is 38.9 Å². The standard InChI is InChI=1S/C10H8N2S2/c11-8-4-6-5-13-14-10(6)9-7(8)2-1-3-12-9/h1-4H,5,11H2. The molecule has 0 unspecified atom stereocenters. The first-order valence-corrected chi connectivity index (χ1v) is 6.64. The molecule has 0 fully saturated rings. The third-order valence-electron chi connectivity index (χ3n) is 2.31. The summed E-state index contributed by atoms with van der Waals surface area (Å²) in [6.07, 6.45) is 1.82. The van der Waals surface area contributed by atoms with Gasteiger partial charge in [0.05, 0.1) is 5.52 Å². The van der Waals surface area contributed by atoms with E-state index in [1.54, 1.807) is 10.8 Å². The molecule has 1 aliphatic rings. The van der Waals surface area contributed by atoms with Crippen molar-refractivity contribution in [3.63, 3.8) is 0 Å². The zero-order valence-corrected chi connectivity index (χ0v) is 8.99. The molecule has 1 aromatic heterocycles. The summed E-state index contributed by atoms with van der Waals surface area (Å²) in [4.78, 5) is 5.69. The summed E-state index contributed by atoms with van der Waals surface area (Å²) in [6.45, 7) is 0. The van der Waals surface area contributed by atoms with Crippen LogP contribution in [0.5, 0.6) is 0 Å². The fraction of sp³-hybridized carbons (Fsp3) is 0.100. The average Bonchev–Trinajstić information content (AvgIpc) is 2.66. The largest absolute Gasteiger partial charge is 0.398 e. The normalized spacial score (nSPS) is 14.6. The van der Waals surface area contributed by atoms with E-state index in [4.69, 9.17) is 5.73 Å². The maximum Gasteiger partial charge on any atom is 0.0870 e. The molecule has 14 heavy (non-hydrogen) atoms. The Kier molecular flexibility index (Phi) is 1.85. The van der Waals surface area contributed by atoms with Crippen molar-refractivity contribution in [3.8, 4) is 0 Å². The van der Waals surface area contributed by atoms with Gasteiger partial charge in [-0.1, -0.05) is 21.6 Å². The van der Waals surface area contributed by atoms with Crippen molar-refractivity contribution in [3.05, 3.63) is 30.0 Å². The fourth-order valence-corrected chi connectivity index (χ4v) is 4.23. The maximum absolute atomic E-state index is 5.97. The predicted molar refractivity (Wildman–Crippen MR) is 63.3 cm³/mol. The molecule has 2 heterocycles. The Balaban J connectivity index is 2.47. The summed E-state index contributed by atoms with van der Waals surface area (Å²) in [5.41, 5.74) is 9.19. The van der Waals surface area contributed by atoms with Gasteiger partial charge in [-0.05, 0) is 23.8 Å². The Bertz CT molecular complexity index is 511. The van der Waals surface area contributed by atoms with Gasteiger partial charge in [0.1, 0.15) is 0 Å². The molecule has 0 aliphatic carbocycles. The second-order valence-electron chi connectivity index (χ2n) is 3.20. The second-order valence-corrected chi connectivity index (χ2v) is 5.51. The smallest absolute Gasteiger partial charge is 0.0870 e. The first-order chi connectivity index (χ1) is 6.86. The fourth-order valence-electron chi connectivity index (χ4n) is 1.65. The number of pyridine rings is 1. The number of rotatable bonds is 0. The highest BCUT2D eigenvalue weighted by Gasteiger charge is 2.17. The zero-order valence-electron chi connectivity index (χ0n) is 7.36. The molecule has 2 N–H and O–H groups in total. The number of hydrogen-bond acceptors (Lipinski definition) is 4. The highest BCUT2D eigenvalue weighted by Crippen LogP contribution is 2.48. The van der Waals surface area contributed by atoms with E-state index in [0.717, 1.165) is 22.3 Å². The molecule has 1 aliphatic heterocycles. The van der Waals surface area contributed by atoms with Gasteiger partial charge < -0.3 is 5.73 Å². The summed E-state index contributed by atoms with van der Waals surface area (Å²) in [6, 6.07) is 6.03. The van der Waals surface area contributed by atoms with E-state index in [0.29, 0.717) is 0 Å². The molecular formula is C10H8N2S2. The van der Waals surface area contributed by atoms with Crippen LogP contribution in [0.2, 0.25) is 0 Å². The lowest BCUT2D eigenvalue weighted by atomic mass is 10.1. The van der Waals surface area contributed by atoms with Gasteiger partial charge in [-0.25, -0.2) is 0 Å². The van der Waals surface area contributed by atoms with Gasteiger partial charge in [-0.2, -0.15) is 0 Å². The Hall–Kier alpha value is -0.870. The van der Waals surface area contributed by atoms with Crippen molar-refractivity contribution in [1.82, 2.24) is 4.98 Å². The van der Waals surface area contributed by atoms with Gasteiger partial charge >= 0.3 is 0 Å². The Morgan fingerprint density at radius 1 is 1.43 bits per heavy atom. The van der Waals surface area contributed by atoms with E-state index >= 15 is 0 Å². The number of fused-ring (bicyclic) bond motifs is 3. The molecule has 2 aromatic rings. The Morgan fingerprint density at radius 3 is 3.29 bits per heavy atom. The van der Waals surface area contributed by atoms with Crippen LogP contribution in [0.4, 0.5) is 5.69 Å². The first kappa shape index (κ1) is 8.44. The summed E-state index contributed by atoms with van der Waals surface area (Å²) in [5.74, 6) is 1.04. The van der Waals surface area contributed by atoms with Crippen LogP contribution in [0, 0.1) is 0 Å². The van der Waals surface area contributed by atoms with Crippen LogP contribution in [-0.4, -0.2) is 4.98 Å². The lowest BCUT2D eigenvalue weighted by Gasteiger charge is -2.05. The molecule has 0 bridgehead atoms. The zero-order chi connectivity index (χ0) is 9.54. The Labute approximate surface area is 89.7 Å². The van der Waals surface area contributed by atoms with E-state index in [-0.39, 0.29) is 0 Å². The van der Waals surface area contributed by atoms with E-state index in [2.05, 4.69) is 11.1 Å². The molecule has 0 spiro atoms. The van der Waals surface area contributed by atoms with Gasteiger partial charge in [0.15, 0.2) is 0 Å². The highest BCUT2D eigenvalue weighted by atomic mass is 33.1. The van der Waals surface area contributed by atoms with Crippen LogP contribution in [0.15, 0.2) is 29.3 Å². The molecule has 4 heteroatoms. The van der Waals surface area contributed by atoms with E-state index in [9.17, 15) is 0 Å². The summed E-state index contributed by atoms with van der Waals surface area (Å²) >= 11 is 0. The third kappa shape index (κ3) is 1.11. The summed E-state index contributed by atoms with van der Waals surface area (Å²) < 4.78 is 0. The number of benzene rings is 1. The minimum Gasteiger partial charge on any atom is -0.398 e. The summed E-state index contributed by atoms with van der Waals surface area (Å²) in [7, 11) is 3.65. The molecule has 0 saturated carbocycles. The third-order valence-corrected chi connectivity index (χ3v) is 4.69. The van der Waals surface area contributed by atoms with Crippen molar-refractivity contribution in [2.45, 2.75) is 10.6 Å². The highest BCUT2D eigenvalue weighted by molar-refractivity contribution is 8.76. The summed E-state index contributed by atoms with van der Waals surface area (Å²) in [5, 5.41) is 1.07. The maximum atomic E-state index is 5.97. The van der Waals surface area contributed by atoms with Gasteiger partial charge in [0.2, 0.25) is 0 Å². The van der Waals surface area contributed by atoms with Crippen molar-refractivity contribution >= 4 is 38.2 Å². The van der Waals surface area contributed by atoms with Gasteiger partial charge in [-0.15, -0.1) is 0 Å². The van der Waals surface area contributed by atoms with Crippen LogP contribution in [0.1, 0.15) is 5.56 Å². The number of nitrogens with two attached hydrogens (primary N) is 1. The number of hydrogen-bond donors (Lipinski definition) is 1. The van der Waals surface area contributed by atoms with Crippen LogP contribution < -0.4 is 5.73 Å². The molecule has 2 nitrogen and oxygen atoms in total. The SMILES string of the molecule is Nc1cc2c(c3ncccc13)SSC2. The van der Waals surface area contributed by atoms with Crippen LogP contribution in [-0.2, 0) is 5.75 Å². The van der Waals surface area contributed by atoms with E-state index in [1.165, 1.54) is 10.5 Å². The number of nitrogen functional groups attached to an aromatic ring is 1. The van der Waals surface area contributed by atoms with Gasteiger partial charge in [-0.3, -0.25) is 4.98 Å². The number of anilines is 1. The molecule has 1 aromatic carbocycles. The van der Waals surface area contributed by atoms with Gasteiger partial charge in [0, 0.05) is 27.9 Å². The van der Waals surface area contributed by atoms with Crippen LogP contribution in [0.25, 0.3) is 10.9 Å². The van der Waals surface area contributed by atoms with E-state index in [1.807, 2.05) is 29.1 Å². The van der Waals surface area contributed by atoms with E-state index < -0.39 is 0 Å². The molecule has 0 atom stereocenters. The molecule has 0 radical (unpaired) electrons. The second kappa shape index (κ2) is 3.07. The number of aromatic nitrogens is 1. The Morgan fingerprint density at radius 2 is 2.36 bits per heavy atom. The van der Waals surface area contributed by atoms with Crippen molar-refractivity contribution in [2.75, 3.05) is 5.73 Å². The minimum absolute atomic E-state index is 0.843. The predicted octanol–water partition coefficient (Wildman–Crippen LogP) is 3.07. The van der Waals surface area contributed by atoms with Crippen LogP contribution >= 0.6 is 21.6 Å².